The van der Waals surface area contributed by atoms with Crippen molar-refractivity contribution >= 4 is 27.5 Å². The lowest BCUT2D eigenvalue weighted by Gasteiger charge is -2.31. The summed E-state index contributed by atoms with van der Waals surface area (Å²) >= 11 is 6.38. The number of hydrogen-bond donors (Lipinski definition) is 1. The SMILES string of the molecule is CN(C(=O)C1=C(Cl)CC=C(NS(=O)(=O)c2ccccc2)C=C1)C1CCCCC1. The van der Waals surface area contributed by atoms with Crippen LogP contribution in [0.15, 0.2) is 69.8 Å². The van der Waals surface area contributed by atoms with Gasteiger partial charge in [-0.3, -0.25) is 9.52 Å². The molecule has 1 saturated carbocycles. The number of allylic oxidation sites excluding steroid dienone is 3. The highest BCUT2D eigenvalue weighted by Crippen LogP contribution is 2.27. The Hall–Kier alpha value is -2.05. The van der Waals surface area contributed by atoms with Crippen LogP contribution in [0.1, 0.15) is 38.5 Å². The number of carbonyl (C=O) groups excluding carboxylic acids is 1. The number of benzene rings is 1. The zero-order chi connectivity index (χ0) is 20.1. The zero-order valence-corrected chi connectivity index (χ0v) is 17.5. The summed E-state index contributed by atoms with van der Waals surface area (Å²) in [7, 11) is -1.87. The van der Waals surface area contributed by atoms with Gasteiger partial charge in [-0.2, -0.15) is 0 Å². The lowest BCUT2D eigenvalue weighted by molar-refractivity contribution is -0.128. The average molecular weight is 421 g/mol. The number of likely N-dealkylation sites (N-methyl/N-ethyl adjacent to an activating group) is 1. The first kappa shape index (κ1) is 20.7. The number of carbonyl (C=O) groups is 1. The predicted molar refractivity (Wildman–Crippen MR) is 111 cm³/mol. The maximum atomic E-state index is 12.9. The highest BCUT2D eigenvalue weighted by atomic mass is 35.5. The topological polar surface area (TPSA) is 66.5 Å². The first-order valence-electron chi connectivity index (χ1n) is 9.50. The molecule has 1 aromatic rings. The van der Waals surface area contributed by atoms with Crippen molar-refractivity contribution < 1.29 is 13.2 Å². The number of rotatable bonds is 5. The van der Waals surface area contributed by atoms with E-state index in [9.17, 15) is 13.2 Å². The van der Waals surface area contributed by atoms with E-state index in [0.29, 0.717) is 22.7 Å². The largest absolute Gasteiger partial charge is 0.339 e. The molecule has 0 unspecified atom stereocenters. The molecule has 150 valence electrons. The molecule has 0 radical (unpaired) electrons. The van der Waals surface area contributed by atoms with E-state index in [1.165, 1.54) is 18.6 Å². The van der Waals surface area contributed by atoms with Gasteiger partial charge in [-0.05, 0) is 37.1 Å². The molecule has 2 aliphatic rings. The summed E-state index contributed by atoms with van der Waals surface area (Å²) in [6, 6.07) is 8.39. The molecule has 0 saturated heterocycles. The summed E-state index contributed by atoms with van der Waals surface area (Å²) in [5.41, 5.74) is 0.810. The number of sulfonamides is 1. The van der Waals surface area contributed by atoms with Crippen LogP contribution in [0.25, 0.3) is 0 Å². The molecule has 0 bridgehead atoms. The van der Waals surface area contributed by atoms with Gasteiger partial charge in [0.1, 0.15) is 0 Å². The highest BCUT2D eigenvalue weighted by Gasteiger charge is 2.25. The lowest BCUT2D eigenvalue weighted by Crippen LogP contribution is -2.39. The Labute approximate surface area is 171 Å². The summed E-state index contributed by atoms with van der Waals surface area (Å²) in [4.78, 5) is 14.9. The van der Waals surface area contributed by atoms with Crippen LogP contribution < -0.4 is 4.72 Å². The van der Waals surface area contributed by atoms with Crippen LogP contribution in [0.2, 0.25) is 0 Å². The van der Waals surface area contributed by atoms with Crippen molar-refractivity contribution in [3.8, 4) is 0 Å². The van der Waals surface area contributed by atoms with Gasteiger partial charge in [0.15, 0.2) is 0 Å². The van der Waals surface area contributed by atoms with Crippen molar-refractivity contribution in [1.29, 1.82) is 0 Å². The van der Waals surface area contributed by atoms with Gasteiger partial charge in [0.25, 0.3) is 15.9 Å². The highest BCUT2D eigenvalue weighted by molar-refractivity contribution is 7.89. The van der Waals surface area contributed by atoms with Gasteiger partial charge in [-0.25, -0.2) is 8.42 Å². The monoisotopic (exact) mass is 420 g/mol. The van der Waals surface area contributed by atoms with E-state index in [1.807, 2.05) is 7.05 Å². The van der Waals surface area contributed by atoms with Gasteiger partial charge in [0, 0.05) is 30.2 Å². The van der Waals surface area contributed by atoms with E-state index in [1.54, 1.807) is 41.3 Å². The second kappa shape index (κ2) is 8.97. The third kappa shape index (κ3) is 4.86. The Morgan fingerprint density at radius 2 is 1.79 bits per heavy atom. The first-order chi connectivity index (χ1) is 13.4. The fraction of sp³-hybridized carbons (Fsp3) is 0.381. The quantitative estimate of drug-likeness (QED) is 0.780. The van der Waals surface area contributed by atoms with Crippen LogP contribution in [0.5, 0.6) is 0 Å². The zero-order valence-electron chi connectivity index (χ0n) is 15.9. The molecule has 7 heteroatoms. The Morgan fingerprint density at radius 1 is 1.11 bits per heavy atom. The minimum atomic E-state index is -3.69. The number of halogens is 1. The van der Waals surface area contributed by atoms with Crippen LogP contribution in [0.4, 0.5) is 0 Å². The molecule has 28 heavy (non-hydrogen) atoms. The van der Waals surface area contributed by atoms with E-state index in [0.717, 1.165) is 25.7 Å². The standard InChI is InChI=1S/C21H25ClN2O3S/c1-24(17-8-4-2-5-9-17)21(25)19-14-12-16(13-15-20(19)22)23-28(26,27)18-10-6-3-7-11-18/h3,6-7,10-14,17,23H,2,4-5,8-9,15H2,1H3. The molecular formula is C21H25ClN2O3S. The second-order valence-corrected chi connectivity index (χ2v) is 9.28. The summed E-state index contributed by atoms with van der Waals surface area (Å²) in [6.45, 7) is 0. The molecular weight excluding hydrogens is 396 g/mol. The molecule has 1 amide bonds. The van der Waals surface area contributed by atoms with Crippen LogP contribution in [-0.2, 0) is 14.8 Å². The molecule has 5 nitrogen and oxygen atoms in total. The normalized spacial score (nSPS) is 18.4. The molecule has 0 spiro atoms. The van der Waals surface area contributed by atoms with Crippen LogP contribution in [-0.4, -0.2) is 32.3 Å². The fourth-order valence-electron chi connectivity index (χ4n) is 3.54. The van der Waals surface area contributed by atoms with Crippen molar-refractivity contribution in [3.05, 3.63) is 64.9 Å². The average Bonchev–Trinajstić information content (AvgIpc) is 2.89. The third-order valence-corrected chi connectivity index (χ3v) is 6.96. The number of amides is 1. The van der Waals surface area contributed by atoms with Gasteiger partial charge in [0.05, 0.1) is 10.5 Å². The van der Waals surface area contributed by atoms with Crippen molar-refractivity contribution in [2.24, 2.45) is 0 Å². The molecule has 1 N–H and O–H groups in total. The Bertz CT molecular complexity index is 914. The smallest absolute Gasteiger partial charge is 0.261 e. The third-order valence-electron chi connectivity index (χ3n) is 5.20. The van der Waals surface area contributed by atoms with Crippen LogP contribution in [0.3, 0.4) is 0 Å². The van der Waals surface area contributed by atoms with Crippen molar-refractivity contribution in [2.75, 3.05) is 7.05 Å². The van der Waals surface area contributed by atoms with E-state index < -0.39 is 10.0 Å². The molecule has 1 fully saturated rings. The Balaban J connectivity index is 1.73. The first-order valence-corrected chi connectivity index (χ1v) is 11.4. The predicted octanol–water partition coefficient (Wildman–Crippen LogP) is 4.09. The molecule has 0 aliphatic heterocycles. The number of nitrogens with zero attached hydrogens (tertiary/aromatic N) is 1. The molecule has 0 heterocycles. The fourth-order valence-corrected chi connectivity index (χ4v) is 4.86. The summed E-state index contributed by atoms with van der Waals surface area (Å²) in [5.74, 6) is -0.117. The van der Waals surface area contributed by atoms with Crippen LogP contribution in [0, 0.1) is 0 Å². The summed E-state index contributed by atoms with van der Waals surface area (Å²) < 4.78 is 27.6. The van der Waals surface area contributed by atoms with Gasteiger partial charge < -0.3 is 4.90 Å². The molecule has 2 aliphatic carbocycles. The van der Waals surface area contributed by atoms with Crippen molar-refractivity contribution in [1.82, 2.24) is 9.62 Å². The molecule has 3 rings (SSSR count). The molecule has 0 atom stereocenters. The minimum Gasteiger partial charge on any atom is -0.339 e. The van der Waals surface area contributed by atoms with E-state index in [-0.39, 0.29) is 16.8 Å². The van der Waals surface area contributed by atoms with E-state index in [4.69, 9.17) is 11.6 Å². The van der Waals surface area contributed by atoms with E-state index in [2.05, 4.69) is 4.72 Å². The Kier molecular flexibility index (Phi) is 6.62. The van der Waals surface area contributed by atoms with Crippen molar-refractivity contribution in [3.63, 3.8) is 0 Å². The summed E-state index contributed by atoms with van der Waals surface area (Å²) in [6.07, 6.45) is 10.7. The number of nitrogens with one attached hydrogen (secondary N) is 1. The van der Waals surface area contributed by atoms with Gasteiger partial charge in [-0.1, -0.05) is 55.1 Å². The van der Waals surface area contributed by atoms with Gasteiger partial charge in [0.2, 0.25) is 0 Å². The maximum absolute atomic E-state index is 12.9. The maximum Gasteiger partial charge on any atom is 0.261 e. The van der Waals surface area contributed by atoms with Gasteiger partial charge in [-0.15, -0.1) is 0 Å². The molecule has 0 aromatic heterocycles. The number of hydrogen-bond acceptors (Lipinski definition) is 3. The van der Waals surface area contributed by atoms with E-state index >= 15 is 0 Å². The summed E-state index contributed by atoms with van der Waals surface area (Å²) in [5, 5.41) is 0.415. The molecule has 1 aromatic carbocycles. The van der Waals surface area contributed by atoms with Crippen molar-refractivity contribution in [2.45, 2.75) is 49.5 Å². The minimum absolute atomic E-state index is 0.117. The lowest BCUT2D eigenvalue weighted by atomic mass is 9.94. The van der Waals surface area contributed by atoms with Crippen LogP contribution >= 0.6 is 11.6 Å². The second-order valence-electron chi connectivity index (χ2n) is 7.14. The Morgan fingerprint density at radius 3 is 2.46 bits per heavy atom. The van der Waals surface area contributed by atoms with Gasteiger partial charge >= 0.3 is 0 Å².